The Morgan fingerprint density at radius 1 is 0.548 bits per heavy atom. The summed E-state index contributed by atoms with van der Waals surface area (Å²) in [7, 11) is -3.34. The molecule has 2 aromatic rings. The van der Waals surface area contributed by atoms with Gasteiger partial charge in [-0.3, -0.25) is 0 Å². The van der Waals surface area contributed by atoms with Crippen LogP contribution in [-0.2, 0) is 30.9 Å². The molecule has 0 N–H and O–H groups in total. The largest absolute Gasteiger partial charge is 0.680 e. The standard InChI is InChI=1S/C26H36O4Si/c1-5-13-23(14-6-1)21-27-31(29-25-17-9-3-10-18-25,30-26-19-11-4-12-20-26)28-22-24-15-7-2-8-16-24/h1-2,5-8,13-16,25-26H,3-4,9-12,17-22H2. The van der Waals surface area contributed by atoms with E-state index in [1.807, 2.05) is 36.4 Å². The van der Waals surface area contributed by atoms with Crippen molar-refractivity contribution < 1.29 is 17.7 Å². The number of rotatable bonds is 10. The summed E-state index contributed by atoms with van der Waals surface area (Å²) in [5.74, 6) is 0. The molecule has 0 amide bonds. The van der Waals surface area contributed by atoms with Gasteiger partial charge in [-0.25, -0.2) is 0 Å². The molecule has 0 radical (unpaired) electrons. The molecule has 2 aliphatic carbocycles. The van der Waals surface area contributed by atoms with Crippen molar-refractivity contribution in [2.45, 2.75) is 89.6 Å². The van der Waals surface area contributed by atoms with Gasteiger partial charge in [-0.05, 0) is 36.8 Å². The molecule has 0 unspecified atom stereocenters. The highest BCUT2D eigenvalue weighted by Crippen LogP contribution is 2.31. The topological polar surface area (TPSA) is 36.9 Å². The smallest absolute Gasteiger partial charge is 0.348 e. The lowest BCUT2D eigenvalue weighted by molar-refractivity contribution is -0.0918. The minimum Gasteiger partial charge on any atom is -0.348 e. The Balaban J connectivity index is 1.53. The summed E-state index contributed by atoms with van der Waals surface area (Å²) in [6.07, 6.45) is 12.0. The molecule has 0 bridgehead atoms. The first-order valence-electron chi connectivity index (χ1n) is 12.0. The average molecular weight is 441 g/mol. The molecular formula is C26H36O4Si. The van der Waals surface area contributed by atoms with Crippen LogP contribution in [0.5, 0.6) is 0 Å². The van der Waals surface area contributed by atoms with Crippen molar-refractivity contribution in [3.8, 4) is 0 Å². The van der Waals surface area contributed by atoms with Gasteiger partial charge in [0.2, 0.25) is 0 Å². The SMILES string of the molecule is c1ccc(CO[Si](OCc2ccccc2)(OC2CCCCC2)OC2CCCCC2)cc1. The lowest BCUT2D eigenvalue weighted by atomic mass is 9.98. The summed E-state index contributed by atoms with van der Waals surface area (Å²) in [5.41, 5.74) is 2.23. The van der Waals surface area contributed by atoms with Crippen molar-refractivity contribution in [3.63, 3.8) is 0 Å². The first-order chi connectivity index (χ1) is 15.3. The normalized spacial score (nSPS) is 18.8. The van der Waals surface area contributed by atoms with Crippen LogP contribution in [0.4, 0.5) is 0 Å². The third-order valence-electron chi connectivity index (χ3n) is 6.24. The third-order valence-corrected chi connectivity index (χ3v) is 8.48. The van der Waals surface area contributed by atoms with Gasteiger partial charge in [-0.1, -0.05) is 99.2 Å². The van der Waals surface area contributed by atoms with Crippen molar-refractivity contribution in [3.05, 3.63) is 71.8 Å². The van der Waals surface area contributed by atoms with Crippen molar-refractivity contribution in [1.82, 2.24) is 0 Å². The molecule has 5 heteroatoms. The van der Waals surface area contributed by atoms with Crippen LogP contribution in [0, 0.1) is 0 Å². The van der Waals surface area contributed by atoms with Crippen LogP contribution in [0.25, 0.3) is 0 Å². The van der Waals surface area contributed by atoms with Crippen LogP contribution in [0.3, 0.4) is 0 Å². The summed E-state index contributed by atoms with van der Waals surface area (Å²) in [6, 6.07) is 20.5. The van der Waals surface area contributed by atoms with E-state index in [1.165, 1.54) is 38.5 Å². The van der Waals surface area contributed by atoms with Gasteiger partial charge in [0.05, 0.1) is 25.4 Å². The zero-order valence-electron chi connectivity index (χ0n) is 18.5. The summed E-state index contributed by atoms with van der Waals surface area (Å²) in [4.78, 5) is 0. The Kier molecular flexibility index (Phi) is 8.73. The van der Waals surface area contributed by atoms with Gasteiger partial charge >= 0.3 is 9.05 Å². The van der Waals surface area contributed by atoms with E-state index in [2.05, 4.69) is 24.3 Å². The van der Waals surface area contributed by atoms with Crippen molar-refractivity contribution in [1.29, 1.82) is 0 Å². The van der Waals surface area contributed by atoms with Gasteiger partial charge in [0.15, 0.2) is 0 Å². The molecule has 4 rings (SSSR count). The first kappa shape index (κ1) is 22.7. The van der Waals surface area contributed by atoms with E-state index < -0.39 is 9.05 Å². The molecule has 2 saturated carbocycles. The maximum absolute atomic E-state index is 6.70. The fourth-order valence-corrected chi connectivity index (χ4v) is 6.86. The minimum absolute atomic E-state index is 0.163. The maximum Gasteiger partial charge on any atom is 0.680 e. The highest BCUT2D eigenvalue weighted by atomic mass is 28.4. The molecule has 2 aliphatic rings. The van der Waals surface area contributed by atoms with Crippen LogP contribution >= 0.6 is 0 Å². The fourth-order valence-electron chi connectivity index (χ4n) is 4.47. The van der Waals surface area contributed by atoms with Crippen molar-refractivity contribution >= 4 is 9.05 Å². The Hall–Kier alpha value is -1.50. The van der Waals surface area contributed by atoms with Gasteiger partial charge in [0.1, 0.15) is 0 Å². The molecule has 2 fully saturated rings. The zero-order valence-corrected chi connectivity index (χ0v) is 19.5. The number of benzene rings is 2. The van der Waals surface area contributed by atoms with Crippen LogP contribution in [-0.4, -0.2) is 21.3 Å². The van der Waals surface area contributed by atoms with Crippen LogP contribution in [0.2, 0.25) is 0 Å². The molecule has 4 nitrogen and oxygen atoms in total. The summed E-state index contributed by atoms with van der Waals surface area (Å²) >= 11 is 0. The minimum atomic E-state index is -3.34. The van der Waals surface area contributed by atoms with Crippen molar-refractivity contribution in [2.75, 3.05) is 0 Å². The summed E-state index contributed by atoms with van der Waals surface area (Å²) in [6.45, 7) is 0.891. The van der Waals surface area contributed by atoms with Gasteiger partial charge in [-0.2, -0.15) is 0 Å². The maximum atomic E-state index is 6.70. The predicted octanol–water partition coefficient (Wildman–Crippen LogP) is 6.55. The van der Waals surface area contributed by atoms with E-state index in [1.54, 1.807) is 0 Å². The second kappa shape index (κ2) is 11.9. The van der Waals surface area contributed by atoms with Crippen LogP contribution in [0.15, 0.2) is 60.7 Å². The molecule has 0 saturated heterocycles. The predicted molar refractivity (Wildman–Crippen MR) is 124 cm³/mol. The summed E-state index contributed by atoms with van der Waals surface area (Å²) in [5, 5.41) is 0. The molecule has 31 heavy (non-hydrogen) atoms. The molecule has 0 spiro atoms. The Morgan fingerprint density at radius 3 is 1.32 bits per heavy atom. The molecule has 0 aliphatic heterocycles. The van der Waals surface area contributed by atoms with Crippen LogP contribution in [0.1, 0.15) is 75.3 Å². The quantitative estimate of drug-likeness (QED) is 0.392. The lowest BCUT2D eigenvalue weighted by Crippen LogP contribution is -2.53. The highest BCUT2D eigenvalue weighted by molar-refractivity contribution is 6.53. The number of hydrogen-bond acceptors (Lipinski definition) is 4. The second-order valence-corrected chi connectivity index (χ2v) is 10.9. The van der Waals surface area contributed by atoms with Crippen molar-refractivity contribution in [2.24, 2.45) is 0 Å². The molecule has 2 aromatic carbocycles. The molecular weight excluding hydrogens is 404 g/mol. The lowest BCUT2D eigenvalue weighted by Gasteiger charge is -2.36. The van der Waals surface area contributed by atoms with Gasteiger partial charge in [0.25, 0.3) is 0 Å². The second-order valence-electron chi connectivity index (χ2n) is 8.80. The molecule has 0 aromatic heterocycles. The van der Waals surface area contributed by atoms with E-state index >= 15 is 0 Å². The van der Waals surface area contributed by atoms with Crippen LogP contribution < -0.4 is 0 Å². The number of hydrogen-bond donors (Lipinski definition) is 0. The van der Waals surface area contributed by atoms with E-state index in [9.17, 15) is 0 Å². The third kappa shape index (κ3) is 7.26. The molecule has 0 atom stereocenters. The van der Waals surface area contributed by atoms with E-state index in [0.29, 0.717) is 13.2 Å². The Labute approximate surface area is 188 Å². The van der Waals surface area contributed by atoms with Gasteiger partial charge in [0, 0.05) is 0 Å². The summed E-state index contributed by atoms with van der Waals surface area (Å²) < 4.78 is 26.4. The van der Waals surface area contributed by atoms with E-state index in [-0.39, 0.29) is 12.2 Å². The monoisotopic (exact) mass is 440 g/mol. The Morgan fingerprint density at radius 2 is 0.935 bits per heavy atom. The van der Waals surface area contributed by atoms with Gasteiger partial charge in [-0.15, -0.1) is 0 Å². The van der Waals surface area contributed by atoms with E-state index in [0.717, 1.165) is 36.8 Å². The Bertz CT molecular complexity index is 677. The highest BCUT2D eigenvalue weighted by Gasteiger charge is 2.50. The van der Waals surface area contributed by atoms with E-state index in [4.69, 9.17) is 17.7 Å². The molecule has 0 heterocycles. The fraction of sp³-hybridized carbons (Fsp3) is 0.538. The van der Waals surface area contributed by atoms with Gasteiger partial charge < -0.3 is 17.7 Å². The average Bonchev–Trinajstić information content (AvgIpc) is 2.84. The molecule has 168 valence electrons. The zero-order chi connectivity index (χ0) is 21.2. The first-order valence-corrected chi connectivity index (χ1v) is 13.7.